The third kappa shape index (κ3) is 6.14. The van der Waals surface area contributed by atoms with Gasteiger partial charge in [-0.1, -0.05) is 31.5 Å². The largest absolute Gasteiger partial charge is 0.399 e. The number of aromatic nitrogens is 2. The van der Waals surface area contributed by atoms with Gasteiger partial charge in [-0.3, -0.25) is 0 Å². The maximum atomic E-state index is 5.76. The second-order valence-electron chi connectivity index (χ2n) is 6.50. The van der Waals surface area contributed by atoms with E-state index in [1.165, 1.54) is 17.4 Å². The Bertz CT molecular complexity index is 1010. The van der Waals surface area contributed by atoms with Crippen molar-refractivity contribution in [3.05, 3.63) is 60.3 Å². The van der Waals surface area contributed by atoms with Gasteiger partial charge in [-0.2, -0.15) is 0 Å². The topological polar surface area (TPSA) is 76.3 Å². The van der Waals surface area contributed by atoms with Crippen molar-refractivity contribution in [1.82, 2.24) is 9.97 Å². The van der Waals surface area contributed by atoms with Gasteiger partial charge in [0.2, 0.25) is 5.95 Å². The minimum atomic E-state index is 0.501. The van der Waals surface area contributed by atoms with Crippen LogP contribution in [-0.2, 0) is 4.74 Å². The molecule has 1 fully saturated rings. The van der Waals surface area contributed by atoms with Gasteiger partial charge in [0.05, 0.1) is 18.8 Å². The van der Waals surface area contributed by atoms with Crippen LogP contribution in [0.3, 0.4) is 0 Å². The molecule has 1 saturated heterocycles. The molecule has 3 N–H and O–H groups in total. The first-order chi connectivity index (χ1) is 15.2. The van der Waals surface area contributed by atoms with E-state index in [-0.39, 0.29) is 0 Å². The second-order valence-corrected chi connectivity index (χ2v) is 7.56. The third-order valence-electron chi connectivity index (χ3n) is 4.50. The molecule has 4 rings (SSSR count). The van der Waals surface area contributed by atoms with E-state index >= 15 is 0 Å². The molecule has 0 amide bonds. The van der Waals surface area contributed by atoms with Gasteiger partial charge in [-0.05, 0) is 48.5 Å². The normalized spacial score (nSPS) is 13.0. The van der Waals surface area contributed by atoms with Crippen molar-refractivity contribution in [3.63, 3.8) is 0 Å². The Morgan fingerprint density at radius 2 is 1.74 bits per heavy atom. The lowest BCUT2D eigenvalue weighted by atomic mass is 10.2. The number of rotatable bonds is 5. The van der Waals surface area contributed by atoms with Crippen molar-refractivity contribution >= 4 is 34.8 Å². The molecule has 0 bridgehead atoms. The standard InChI is InChI=1S/C22H21N5OS.C2H6/c1-2-16-15-24-22(26-21(16)29-20-9-3-17(23)4-10-20)25-18-5-7-19(8-6-18)27-11-13-28-14-12-27;1-2/h1,3-10,15H,11-14,23H2,(H,24,25,26);1-2H3. The number of ether oxygens (including phenoxy) is 1. The van der Waals surface area contributed by atoms with Crippen LogP contribution in [-0.4, -0.2) is 36.3 Å². The number of nitrogen functional groups attached to an aromatic ring is 1. The number of anilines is 4. The SMILES string of the molecule is C#Cc1cnc(Nc2ccc(N3CCOCC3)cc2)nc1Sc1ccc(N)cc1.CC. The van der Waals surface area contributed by atoms with Gasteiger partial charge in [0.25, 0.3) is 0 Å². The molecule has 0 aliphatic carbocycles. The van der Waals surface area contributed by atoms with E-state index in [1.54, 1.807) is 6.20 Å². The van der Waals surface area contributed by atoms with E-state index in [0.29, 0.717) is 11.5 Å². The van der Waals surface area contributed by atoms with Crippen LogP contribution in [0.2, 0.25) is 0 Å². The Hall–Kier alpha value is -3.21. The molecule has 1 aliphatic heterocycles. The number of benzene rings is 2. The number of morpholine rings is 1. The summed E-state index contributed by atoms with van der Waals surface area (Å²) < 4.78 is 5.41. The highest BCUT2D eigenvalue weighted by Gasteiger charge is 2.12. The monoisotopic (exact) mass is 433 g/mol. The molecule has 1 aliphatic rings. The van der Waals surface area contributed by atoms with Gasteiger partial charge in [0.15, 0.2) is 0 Å². The predicted octanol–water partition coefficient (Wildman–Crippen LogP) is 4.80. The first kappa shape index (κ1) is 22.5. The first-order valence-corrected chi connectivity index (χ1v) is 11.1. The van der Waals surface area contributed by atoms with Gasteiger partial charge < -0.3 is 20.7 Å². The van der Waals surface area contributed by atoms with Crippen LogP contribution in [0.4, 0.5) is 23.0 Å². The van der Waals surface area contributed by atoms with Crippen LogP contribution in [0.5, 0.6) is 0 Å². The second kappa shape index (κ2) is 11.3. The quantitative estimate of drug-likeness (QED) is 0.340. The smallest absolute Gasteiger partial charge is 0.228 e. The molecular weight excluding hydrogens is 406 g/mol. The van der Waals surface area contributed by atoms with Crippen molar-refractivity contribution in [3.8, 4) is 12.3 Å². The Morgan fingerprint density at radius 3 is 2.39 bits per heavy atom. The number of nitrogens with zero attached hydrogens (tertiary/aromatic N) is 3. The summed E-state index contributed by atoms with van der Waals surface area (Å²) in [5.41, 5.74) is 9.23. The minimum absolute atomic E-state index is 0.501. The van der Waals surface area contributed by atoms with E-state index in [4.69, 9.17) is 16.9 Å². The molecule has 0 atom stereocenters. The van der Waals surface area contributed by atoms with E-state index in [9.17, 15) is 0 Å². The average molecular weight is 434 g/mol. The Labute approximate surface area is 188 Å². The van der Waals surface area contributed by atoms with Crippen molar-refractivity contribution in [2.75, 3.05) is 42.3 Å². The van der Waals surface area contributed by atoms with Gasteiger partial charge in [-0.25, -0.2) is 9.97 Å². The lowest BCUT2D eigenvalue weighted by Crippen LogP contribution is -2.36. The van der Waals surface area contributed by atoms with Crippen LogP contribution in [0.25, 0.3) is 0 Å². The van der Waals surface area contributed by atoms with E-state index in [0.717, 1.165) is 47.6 Å². The molecule has 7 heteroatoms. The number of hydrogen-bond donors (Lipinski definition) is 2. The van der Waals surface area contributed by atoms with E-state index in [2.05, 4.69) is 38.2 Å². The van der Waals surface area contributed by atoms with Gasteiger partial charge in [-0.15, -0.1) is 6.42 Å². The minimum Gasteiger partial charge on any atom is -0.399 e. The number of hydrogen-bond acceptors (Lipinski definition) is 7. The number of nitrogens with one attached hydrogen (secondary N) is 1. The summed E-state index contributed by atoms with van der Waals surface area (Å²) in [5.74, 6) is 3.15. The maximum absolute atomic E-state index is 5.76. The molecule has 6 nitrogen and oxygen atoms in total. The van der Waals surface area contributed by atoms with Crippen molar-refractivity contribution in [2.45, 2.75) is 23.8 Å². The van der Waals surface area contributed by atoms with Crippen molar-refractivity contribution in [2.24, 2.45) is 0 Å². The molecule has 1 aromatic heterocycles. The van der Waals surface area contributed by atoms with Crippen molar-refractivity contribution in [1.29, 1.82) is 0 Å². The fourth-order valence-electron chi connectivity index (χ4n) is 2.96. The predicted molar refractivity (Wildman–Crippen MR) is 129 cm³/mol. The Kier molecular flexibility index (Phi) is 8.16. The fourth-order valence-corrected chi connectivity index (χ4v) is 3.81. The van der Waals surface area contributed by atoms with Crippen LogP contribution >= 0.6 is 11.8 Å². The molecule has 2 heterocycles. The Morgan fingerprint density at radius 1 is 1.06 bits per heavy atom. The molecule has 160 valence electrons. The molecule has 0 spiro atoms. The zero-order chi connectivity index (χ0) is 22.1. The molecule has 3 aromatic rings. The molecule has 0 saturated carbocycles. The van der Waals surface area contributed by atoms with Crippen molar-refractivity contribution < 1.29 is 4.74 Å². The van der Waals surface area contributed by atoms with E-state index in [1.807, 2.05) is 50.2 Å². The summed E-state index contributed by atoms with van der Waals surface area (Å²) in [6, 6.07) is 15.8. The van der Waals surface area contributed by atoms with Crippen LogP contribution in [0, 0.1) is 12.3 Å². The number of terminal acetylenes is 1. The summed E-state index contributed by atoms with van der Waals surface area (Å²) in [5, 5.41) is 3.98. The molecule has 0 unspecified atom stereocenters. The highest BCUT2D eigenvalue weighted by molar-refractivity contribution is 7.99. The summed E-state index contributed by atoms with van der Waals surface area (Å²) in [6.45, 7) is 7.36. The average Bonchev–Trinajstić information content (AvgIpc) is 2.83. The summed E-state index contributed by atoms with van der Waals surface area (Å²) in [7, 11) is 0. The highest BCUT2D eigenvalue weighted by Crippen LogP contribution is 2.30. The summed E-state index contributed by atoms with van der Waals surface area (Å²) >= 11 is 1.49. The first-order valence-electron chi connectivity index (χ1n) is 10.3. The lowest BCUT2D eigenvalue weighted by molar-refractivity contribution is 0.122. The summed E-state index contributed by atoms with van der Waals surface area (Å²) in [6.07, 6.45) is 7.29. The van der Waals surface area contributed by atoms with Gasteiger partial charge >= 0.3 is 0 Å². The number of nitrogens with two attached hydrogens (primary N) is 1. The Balaban J connectivity index is 0.00000132. The molecule has 2 aromatic carbocycles. The van der Waals surface area contributed by atoms with Crippen LogP contribution < -0.4 is 16.0 Å². The third-order valence-corrected chi connectivity index (χ3v) is 5.52. The molecular formula is C24H27N5OS. The maximum Gasteiger partial charge on any atom is 0.228 e. The lowest BCUT2D eigenvalue weighted by Gasteiger charge is -2.28. The van der Waals surface area contributed by atoms with Crippen LogP contribution in [0.15, 0.2) is 64.6 Å². The fraction of sp³-hybridized carbons (Fsp3) is 0.250. The summed E-state index contributed by atoms with van der Waals surface area (Å²) in [4.78, 5) is 12.3. The zero-order valence-corrected chi connectivity index (χ0v) is 18.7. The highest BCUT2D eigenvalue weighted by atomic mass is 32.2. The zero-order valence-electron chi connectivity index (χ0n) is 17.8. The van der Waals surface area contributed by atoms with Crippen LogP contribution in [0.1, 0.15) is 19.4 Å². The molecule has 0 radical (unpaired) electrons. The van der Waals surface area contributed by atoms with Gasteiger partial charge in [0.1, 0.15) is 5.03 Å². The van der Waals surface area contributed by atoms with Gasteiger partial charge in [0, 0.05) is 41.2 Å². The molecule has 31 heavy (non-hydrogen) atoms. The van der Waals surface area contributed by atoms with E-state index < -0.39 is 0 Å².